The van der Waals surface area contributed by atoms with Crippen molar-refractivity contribution in [2.24, 2.45) is 0 Å². The Kier molecular flexibility index (Phi) is 7.51. The number of carbonyl (C=O) groups excluding carboxylic acids is 1. The van der Waals surface area contributed by atoms with Crippen molar-refractivity contribution in [1.82, 2.24) is 19.6 Å². The van der Waals surface area contributed by atoms with E-state index in [0.29, 0.717) is 56.0 Å². The highest BCUT2D eigenvalue weighted by Crippen LogP contribution is 2.28. The number of rotatable bonds is 8. The van der Waals surface area contributed by atoms with Crippen LogP contribution < -0.4 is 4.74 Å². The number of hydrogen-bond donors (Lipinski definition) is 0. The van der Waals surface area contributed by atoms with Gasteiger partial charge in [0.25, 0.3) is 5.91 Å². The number of aromatic nitrogens is 2. The predicted molar refractivity (Wildman–Crippen MR) is 141 cm³/mol. The fourth-order valence-corrected chi connectivity index (χ4v) is 4.92. The Hall–Kier alpha value is -4.04. The van der Waals surface area contributed by atoms with Crippen LogP contribution in [0.3, 0.4) is 0 Å². The summed E-state index contributed by atoms with van der Waals surface area (Å²) in [6.07, 6.45) is 0.701. The Morgan fingerprint density at radius 2 is 1.82 bits per heavy atom. The molecule has 0 spiro atoms. The van der Waals surface area contributed by atoms with Crippen LogP contribution in [-0.2, 0) is 26.1 Å². The molecule has 196 valence electrons. The monoisotopic (exact) mass is 516 g/mol. The van der Waals surface area contributed by atoms with Crippen LogP contribution in [0.4, 0.5) is 8.78 Å². The largest absolute Gasteiger partial charge is 0.497 e. The summed E-state index contributed by atoms with van der Waals surface area (Å²) in [5.41, 5.74) is 4.76. The van der Waals surface area contributed by atoms with E-state index in [1.807, 2.05) is 41.9 Å². The SMILES string of the molecule is CCN(Cc1nn(-c2ccccc2)c2c1CN(Cc1cc(F)ccc1F)CC2)C(=O)c1ccc(OC)cc1. The van der Waals surface area contributed by atoms with Crippen LogP contribution in [0.2, 0.25) is 0 Å². The van der Waals surface area contributed by atoms with Crippen molar-refractivity contribution < 1.29 is 18.3 Å². The number of benzene rings is 3. The maximum absolute atomic E-state index is 14.4. The molecule has 0 unspecified atom stereocenters. The average Bonchev–Trinajstić information content (AvgIpc) is 3.31. The Balaban J connectivity index is 1.45. The Bertz CT molecular complexity index is 1420. The highest BCUT2D eigenvalue weighted by molar-refractivity contribution is 5.94. The molecule has 1 aliphatic rings. The molecule has 0 saturated carbocycles. The lowest BCUT2D eigenvalue weighted by molar-refractivity contribution is 0.0749. The molecule has 0 saturated heterocycles. The van der Waals surface area contributed by atoms with Gasteiger partial charge >= 0.3 is 0 Å². The first-order valence-corrected chi connectivity index (χ1v) is 12.7. The molecule has 3 aromatic carbocycles. The molecule has 2 heterocycles. The van der Waals surface area contributed by atoms with Crippen molar-refractivity contribution in [3.8, 4) is 11.4 Å². The third-order valence-electron chi connectivity index (χ3n) is 6.97. The normalized spacial score (nSPS) is 13.3. The van der Waals surface area contributed by atoms with Gasteiger partial charge in [-0.25, -0.2) is 13.5 Å². The second-order valence-electron chi connectivity index (χ2n) is 9.36. The molecule has 1 aromatic heterocycles. The molecule has 6 nitrogen and oxygen atoms in total. The summed E-state index contributed by atoms with van der Waals surface area (Å²) in [4.78, 5) is 17.2. The predicted octanol–water partition coefficient (Wildman–Crippen LogP) is 5.38. The third kappa shape index (κ3) is 5.31. The van der Waals surface area contributed by atoms with Crippen LogP contribution in [0.1, 0.15) is 39.8 Å². The summed E-state index contributed by atoms with van der Waals surface area (Å²) in [7, 11) is 1.59. The first kappa shape index (κ1) is 25.6. The second kappa shape index (κ2) is 11.1. The first-order chi connectivity index (χ1) is 18.5. The van der Waals surface area contributed by atoms with Crippen LogP contribution in [0.15, 0.2) is 72.8 Å². The van der Waals surface area contributed by atoms with Gasteiger partial charge in [0.2, 0.25) is 0 Å². The van der Waals surface area contributed by atoms with Gasteiger partial charge in [-0.1, -0.05) is 18.2 Å². The maximum Gasteiger partial charge on any atom is 0.254 e. The number of nitrogens with zero attached hydrogens (tertiary/aromatic N) is 4. The number of amides is 1. The molecule has 0 bridgehead atoms. The van der Waals surface area contributed by atoms with Crippen molar-refractivity contribution in [3.05, 3.63) is 113 Å². The van der Waals surface area contributed by atoms with Crippen molar-refractivity contribution in [3.63, 3.8) is 0 Å². The molecule has 38 heavy (non-hydrogen) atoms. The minimum Gasteiger partial charge on any atom is -0.497 e. The fraction of sp³-hybridized carbons (Fsp3) is 0.267. The molecule has 0 fully saturated rings. The molecule has 0 aliphatic carbocycles. The van der Waals surface area contributed by atoms with Crippen LogP contribution in [0.25, 0.3) is 5.69 Å². The van der Waals surface area contributed by atoms with Crippen LogP contribution in [0.5, 0.6) is 5.75 Å². The second-order valence-corrected chi connectivity index (χ2v) is 9.36. The Morgan fingerprint density at radius 3 is 2.53 bits per heavy atom. The maximum atomic E-state index is 14.4. The van der Waals surface area contributed by atoms with E-state index in [9.17, 15) is 13.6 Å². The van der Waals surface area contributed by atoms with Crippen molar-refractivity contribution in [2.75, 3.05) is 20.2 Å². The van der Waals surface area contributed by atoms with Gasteiger partial charge in [0.05, 0.1) is 30.7 Å². The fourth-order valence-electron chi connectivity index (χ4n) is 4.92. The van der Waals surface area contributed by atoms with E-state index in [1.165, 1.54) is 12.1 Å². The Morgan fingerprint density at radius 1 is 1.05 bits per heavy atom. The van der Waals surface area contributed by atoms with Gasteiger partial charge in [0.15, 0.2) is 0 Å². The molecule has 0 N–H and O–H groups in total. The minimum absolute atomic E-state index is 0.0901. The Labute approximate surface area is 221 Å². The van der Waals surface area contributed by atoms with Gasteiger partial charge in [-0.15, -0.1) is 0 Å². The first-order valence-electron chi connectivity index (χ1n) is 12.7. The summed E-state index contributed by atoms with van der Waals surface area (Å²) in [6.45, 7) is 4.30. The van der Waals surface area contributed by atoms with E-state index in [-0.39, 0.29) is 5.91 Å². The molecular formula is C30H30F2N4O2. The lowest BCUT2D eigenvalue weighted by atomic mass is 10.0. The standard InChI is InChI=1S/C30H30F2N4O2/c1-3-35(30(37)21-9-12-25(38-2)13-10-21)20-28-26-19-34(18-22-17-23(31)11-14-27(22)32)16-15-29(26)36(33-28)24-7-5-4-6-8-24/h4-14,17H,3,15-16,18-20H2,1-2H3. The van der Waals surface area contributed by atoms with Crippen LogP contribution in [-0.4, -0.2) is 45.7 Å². The van der Waals surface area contributed by atoms with E-state index in [2.05, 4.69) is 4.90 Å². The summed E-state index contributed by atoms with van der Waals surface area (Å²) in [5.74, 6) is -0.269. The number of halogens is 2. The number of methoxy groups -OCH3 is 1. The number of ether oxygens (including phenoxy) is 1. The van der Waals surface area contributed by atoms with Gasteiger partial charge in [-0.3, -0.25) is 9.69 Å². The third-order valence-corrected chi connectivity index (χ3v) is 6.97. The highest BCUT2D eigenvalue weighted by atomic mass is 19.1. The van der Waals surface area contributed by atoms with Gasteiger partial charge in [0, 0.05) is 49.3 Å². The molecule has 0 atom stereocenters. The highest BCUT2D eigenvalue weighted by Gasteiger charge is 2.28. The number of fused-ring (bicyclic) bond motifs is 1. The number of hydrogen-bond acceptors (Lipinski definition) is 4. The zero-order chi connectivity index (χ0) is 26.6. The summed E-state index contributed by atoms with van der Waals surface area (Å²) < 4.78 is 35.3. The van der Waals surface area contributed by atoms with Crippen molar-refractivity contribution >= 4 is 5.91 Å². The van der Waals surface area contributed by atoms with Crippen molar-refractivity contribution in [2.45, 2.75) is 33.0 Å². The molecule has 8 heteroatoms. The number of carbonyl (C=O) groups is 1. The van der Waals surface area contributed by atoms with Crippen LogP contribution in [0, 0.1) is 11.6 Å². The number of para-hydroxylation sites is 1. The van der Waals surface area contributed by atoms with Gasteiger partial charge in [-0.05, 0) is 61.5 Å². The lowest BCUT2D eigenvalue weighted by Gasteiger charge is -2.28. The topological polar surface area (TPSA) is 50.6 Å². The van der Waals surface area contributed by atoms with Gasteiger partial charge in [0.1, 0.15) is 17.4 Å². The molecule has 5 rings (SSSR count). The van der Waals surface area contributed by atoms with E-state index in [4.69, 9.17) is 9.84 Å². The smallest absolute Gasteiger partial charge is 0.254 e. The van der Waals surface area contributed by atoms with E-state index in [1.54, 1.807) is 36.3 Å². The molecule has 1 aliphatic heterocycles. The molecular weight excluding hydrogens is 486 g/mol. The van der Waals surface area contributed by atoms with E-state index < -0.39 is 11.6 Å². The van der Waals surface area contributed by atoms with Gasteiger partial charge < -0.3 is 9.64 Å². The summed E-state index contributed by atoms with van der Waals surface area (Å²) in [5, 5.41) is 4.97. The molecule has 4 aromatic rings. The quantitative estimate of drug-likeness (QED) is 0.316. The van der Waals surface area contributed by atoms with Crippen molar-refractivity contribution in [1.29, 1.82) is 0 Å². The summed E-state index contributed by atoms with van der Waals surface area (Å²) in [6, 6.07) is 20.5. The zero-order valence-corrected chi connectivity index (χ0v) is 21.5. The summed E-state index contributed by atoms with van der Waals surface area (Å²) >= 11 is 0. The van der Waals surface area contributed by atoms with E-state index >= 15 is 0 Å². The van der Waals surface area contributed by atoms with Gasteiger partial charge in [-0.2, -0.15) is 5.10 Å². The average molecular weight is 517 g/mol. The molecule has 0 radical (unpaired) electrons. The molecule has 1 amide bonds. The van der Waals surface area contributed by atoms with Crippen LogP contribution >= 0.6 is 0 Å². The minimum atomic E-state index is -0.452. The zero-order valence-electron chi connectivity index (χ0n) is 21.5. The van der Waals surface area contributed by atoms with E-state index in [0.717, 1.165) is 28.7 Å². The lowest BCUT2D eigenvalue weighted by Crippen LogP contribution is -2.33.